The standard InChI is InChI=1S/C25H31N3O5S/c1-16(29)18-11-8-12-19(13-18)27-24(32)26-14-21(30)28-20(23(31)33-25(2,3)4)15-34-22(28)17-9-6-5-7-10-17/h5-13,16,20,22,29H,14-15H2,1-4H3,(H2,26,27,32)/t16?,20-,22+/m0/s1. The normalized spacial score (nSPS) is 18.8. The van der Waals surface area contributed by atoms with Crippen molar-refractivity contribution in [2.75, 3.05) is 17.6 Å². The summed E-state index contributed by atoms with van der Waals surface area (Å²) >= 11 is 1.49. The Labute approximate surface area is 204 Å². The van der Waals surface area contributed by atoms with Crippen molar-refractivity contribution >= 4 is 35.4 Å². The SMILES string of the molecule is CC(O)c1cccc(NC(=O)NCC(=O)N2[C@@H](c3ccccc3)SC[C@H]2C(=O)OC(C)(C)C)c1. The lowest BCUT2D eigenvalue weighted by Crippen LogP contribution is -2.49. The van der Waals surface area contributed by atoms with Crippen molar-refractivity contribution in [2.24, 2.45) is 0 Å². The van der Waals surface area contributed by atoms with Gasteiger partial charge in [-0.05, 0) is 51.0 Å². The molecule has 1 fully saturated rings. The number of nitrogens with one attached hydrogen (secondary N) is 2. The largest absolute Gasteiger partial charge is 0.458 e. The summed E-state index contributed by atoms with van der Waals surface area (Å²) in [6, 6.07) is 15.0. The van der Waals surface area contributed by atoms with E-state index < -0.39 is 29.7 Å². The van der Waals surface area contributed by atoms with Gasteiger partial charge < -0.3 is 25.4 Å². The fourth-order valence-corrected chi connectivity index (χ4v) is 4.97. The molecule has 0 aliphatic carbocycles. The van der Waals surface area contributed by atoms with Crippen LogP contribution in [0.25, 0.3) is 0 Å². The first kappa shape index (κ1) is 25.6. The molecule has 0 saturated carbocycles. The number of aliphatic hydroxyl groups is 1. The van der Waals surface area contributed by atoms with Gasteiger partial charge in [0.15, 0.2) is 0 Å². The second-order valence-corrected chi connectivity index (χ2v) is 10.2. The lowest BCUT2D eigenvalue weighted by atomic mass is 10.1. The summed E-state index contributed by atoms with van der Waals surface area (Å²) in [5.41, 5.74) is 1.37. The first-order chi connectivity index (χ1) is 16.0. The Morgan fingerprint density at radius 1 is 1.15 bits per heavy atom. The second kappa shape index (κ2) is 10.9. The molecule has 0 radical (unpaired) electrons. The van der Waals surface area contributed by atoms with Gasteiger partial charge in [-0.2, -0.15) is 0 Å². The fourth-order valence-electron chi connectivity index (χ4n) is 3.54. The van der Waals surface area contributed by atoms with Crippen LogP contribution in [-0.4, -0.2) is 51.9 Å². The van der Waals surface area contributed by atoms with Crippen LogP contribution in [0.5, 0.6) is 0 Å². The lowest BCUT2D eigenvalue weighted by molar-refractivity contribution is -0.163. The quantitative estimate of drug-likeness (QED) is 0.537. The van der Waals surface area contributed by atoms with Crippen molar-refractivity contribution in [3.63, 3.8) is 0 Å². The number of urea groups is 1. The van der Waals surface area contributed by atoms with Gasteiger partial charge in [0, 0.05) is 11.4 Å². The Hall–Kier alpha value is -3.04. The monoisotopic (exact) mass is 485 g/mol. The van der Waals surface area contributed by atoms with Gasteiger partial charge >= 0.3 is 12.0 Å². The first-order valence-corrected chi connectivity index (χ1v) is 12.1. The fraction of sp³-hybridized carbons (Fsp3) is 0.400. The first-order valence-electron chi connectivity index (χ1n) is 11.1. The Kier molecular flexibility index (Phi) is 8.22. The number of thioether (sulfide) groups is 1. The molecular weight excluding hydrogens is 454 g/mol. The van der Waals surface area contributed by atoms with Crippen LogP contribution in [0.1, 0.15) is 50.3 Å². The van der Waals surface area contributed by atoms with E-state index in [4.69, 9.17) is 4.74 Å². The molecule has 1 saturated heterocycles. The van der Waals surface area contributed by atoms with E-state index in [1.165, 1.54) is 16.7 Å². The molecule has 34 heavy (non-hydrogen) atoms. The van der Waals surface area contributed by atoms with Crippen LogP contribution in [0.15, 0.2) is 54.6 Å². The molecule has 182 valence electrons. The second-order valence-electron chi connectivity index (χ2n) is 9.06. The smallest absolute Gasteiger partial charge is 0.330 e. The third-order valence-corrected chi connectivity index (χ3v) is 6.40. The van der Waals surface area contributed by atoms with E-state index in [0.717, 1.165) is 5.56 Å². The zero-order chi connectivity index (χ0) is 24.9. The van der Waals surface area contributed by atoms with E-state index in [0.29, 0.717) is 17.0 Å². The summed E-state index contributed by atoms with van der Waals surface area (Å²) in [6.07, 6.45) is -0.668. The van der Waals surface area contributed by atoms with Crippen LogP contribution in [0.2, 0.25) is 0 Å². The van der Waals surface area contributed by atoms with Crippen LogP contribution in [-0.2, 0) is 14.3 Å². The van der Waals surface area contributed by atoms with Gasteiger partial charge in [0.05, 0.1) is 12.6 Å². The molecule has 3 N–H and O–H groups in total. The summed E-state index contributed by atoms with van der Waals surface area (Å²) in [4.78, 5) is 40.0. The molecule has 1 heterocycles. The van der Waals surface area contributed by atoms with Gasteiger partial charge in [0.25, 0.3) is 0 Å². The van der Waals surface area contributed by atoms with E-state index in [1.807, 2.05) is 30.3 Å². The highest BCUT2D eigenvalue weighted by Gasteiger charge is 2.43. The average Bonchev–Trinajstić information content (AvgIpc) is 3.23. The zero-order valence-corrected chi connectivity index (χ0v) is 20.6. The Morgan fingerprint density at radius 3 is 2.50 bits per heavy atom. The molecule has 0 aromatic heterocycles. The summed E-state index contributed by atoms with van der Waals surface area (Å²) in [7, 11) is 0. The van der Waals surface area contributed by atoms with Crippen LogP contribution in [0.3, 0.4) is 0 Å². The topological polar surface area (TPSA) is 108 Å². The van der Waals surface area contributed by atoms with E-state index in [1.54, 1.807) is 52.0 Å². The number of nitrogens with zero attached hydrogens (tertiary/aromatic N) is 1. The number of aliphatic hydroxyl groups excluding tert-OH is 1. The number of benzene rings is 2. The minimum atomic E-state index is -0.755. The number of amides is 3. The molecule has 2 aromatic rings. The molecule has 1 unspecified atom stereocenters. The van der Waals surface area contributed by atoms with E-state index in [2.05, 4.69) is 10.6 Å². The molecule has 3 amide bonds. The highest BCUT2D eigenvalue weighted by Crippen LogP contribution is 2.41. The van der Waals surface area contributed by atoms with Crippen molar-refractivity contribution < 1.29 is 24.2 Å². The van der Waals surface area contributed by atoms with Gasteiger partial charge in [-0.3, -0.25) is 4.79 Å². The summed E-state index contributed by atoms with van der Waals surface area (Å²) in [5.74, 6) is -0.452. The number of esters is 1. The molecule has 2 aromatic carbocycles. The van der Waals surface area contributed by atoms with Crippen LogP contribution in [0.4, 0.5) is 10.5 Å². The predicted octanol–water partition coefficient (Wildman–Crippen LogP) is 3.85. The maximum absolute atomic E-state index is 13.2. The molecule has 1 aliphatic heterocycles. The number of anilines is 1. The van der Waals surface area contributed by atoms with Crippen molar-refractivity contribution in [3.05, 3.63) is 65.7 Å². The van der Waals surface area contributed by atoms with Crippen molar-refractivity contribution in [1.29, 1.82) is 0 Å². The number of carbonyl (C=O) groups excluding carboxylic acids is 3. The molecule has 0 bridgehead atoms. The number of rotatable bonds is 6. The average molecular weight is 486 g/mol. The molecule has 0 spiro atoms. The third-order valence-electron chi connectivity index (χ3n) is 5.08. The van der Waals surface area contributed by atoms with Gasteiger partial charge in [-0.15, -0.1) is 11.8 Å². The minimum absolute atomic E-state index is 0.287. The molecule has 3 atom stereocenters. The highest BCUT2D eigenvalue weighted by molar-refractivity contribution is 7.99. The van der Waals surface area contributed by atoms with E-state index >= 15 is 0 Å². The van der Waals surface area contributed by atoms with Crippen molar-refractivity contribution in [3.8, 4) is 0 Å². The Morgan fingerprint density at radius 2 is 1.85 bits per heavy atom. The maximum Gasteiger partial charge on any atom is 0.330 e. The van der Waals surface area contributed by atoms with Crippen LogP contribution in [0, 0.1) is 0 Å². The molecule has 1 aliphatic rings. The van der Waals surface area contributed by atoms with Crippen LogP contribution < -0.4 is 10.6 Å². The van der Waals surface area contributed by atoms with E-state index in [-0.39, 0.29) is 17.8 Å². The van der Waals surface area contributed by atoms with Gasteiger partial charge in [-0.25, -0.2) is 9.59 Å². The summed E-state index contributed by atoms with van der Waals surface area (Å²) in [5, 5.41) is 14.6. The number of ether oxygens (including phenoxy) is 1. The van der Waals surface area contributed by atoms with Crippen molar-refractivity contribution in [1.82, 2.24) is 10.2 Å². The number of carbonyl (C=O) groups is 3. The highest BCUT2D eigenvalue weighted by atomic mass is 32.2. The molecule has 8 nitrogen and oxygen atoms in total. The zero-order valence-electron chi connectivity index (χ0n) is 19.8. The Bertz CT molecular complexity index is 1020. The van der Waals surface area contributed by atoms with E-state index in [9.17, 15) is 19.5 Å². The van der Waals surface area contributed by atoms with Crippen LogP contribution >= 0.6 is 11.8 Å². The maximum atomic E-state index is 13.2. The summed E-state index contributed by atoms with van der Waals surface area (Å²) in [6.45, 7) is 6.70. The molecule has 9 heteroatoms. The van der Waals surface area contributed by atoms with Crippen molar-refractivity contribution in [2.45, 2.75) is 50.8 Å². The Balaban J connectivity index is 1.70. The number of hydrogen-bond acceptors (Lipinski definition) is 6. The lowest BCUT2D eigenvalue weighted by Gasteiger charge is -2.30. The summed E-state index contributed by atoms with van der Waals surface area (Å²) < 4.78 is 5.56. The number of hydrogen-bond donors (Lipinski definition) is 3. The predicted molar refractivity (Wildman–Crippen MR) is 132 cm³/mol. The third kappa shape index (κ3) is 6.74. The molecular formula is C25H31N3O5S. The minimum Gasteiger partial charge on any atom is -0.458 e. The van der Waals surface area contributed by atoms with Gasteiger partial charge in [0.1, 0.15) is 17.0 Å². The van der Waals surface area contributed by atoms with Gasteiger partial charge in [0.2, 0.25) is 5.91 Å². The molecule has 3 rings (SSSR count). The van der Waals surface area contributed by atoms with Gasteiger partial charge in [-0.1, -0.05) is 42.5 Å².